The summed E-state index contributed by atoms with van der Waals surface area (Å²) in [4.78, 5) is 0. The van der Waals surface area contributed by atoms with Crippen LogP contribution >= 0.6 is 0 Å². The van der Waals surface area contributed by atoms with Crippen molar-refractivity contribution >= 4 is 5.69 Å². The van der Waals surface area contributed by atoms with Crippen molar-refractivity contribution in [3.8, 4) is 5.75 Å². The van der Waals surface area contributed by atoms with Gasteiger partial charge in [0.1, 0.15) is 5.75 Å². The molecule has 2 nitrogen and oxygen atoms in total. The smallest absolute Gasteiger partial charge is 0.416 e. The summed E-state index contributed by atoms with van der Waals surface area (Å²) in [5, 5.41) is 2.90. The first-order valence-electron chi connectivity index (χ1n) is 4.98. The number of anilines is 1. The summed E-state index contributed by atoms with van der Waals surface area (Å²) in [6.07, 6.45) is -3.49. The van der Waals surface area contributed by atoms with Crippen LogP contribution in [0.15, 0.2) is 18.2 Å². The van der Waals surface area contributed by atoms with Crippen molar-refractivity contribution in [1.82, 2.24) is 0 Å². The topological polar surface area (TPSA) is 21.3 Å². The zero-order valence-electron chi connectivity index (χ0n) is 9.19. The Hall–Kier alpha value is -1.39. The Bertz CT molecular complexity index is 350. The highest BCUT2D eigenvalue weighted by Crippen LogP contribution is 2.34. The lowest BCUT2D eigenvalue weighted by molar-refractivity contribution is -0.137. The minimum absolute atomic E-state index is 0.374. The van der Waals surface area contributed by atoms with Gasteiger partial charge in [0.25, 0.3) is 0 Å². The van der Waals surface area contributed by atoms with Gasteiger partial charge in [0, 0.05) is 6.54 Å². The van der Waals surface area contributed by atoms with Crippen LogP contribution in [0.4, 0.5) is 18.9 Å². The van der Waals surface area contributed by atoms with Gasteiger partial charge in [-0.3, -0.25) is 0 Å². The van der Waals surface area contributed by atoms with E-state index in [1.165, 1.54) is 13.2 Å². The molecule has 0 fully saturated rings. The van der Waals surface area contributed by atoms with Gasteiger partial charge in [0.2, 0.25) is 0 Å². The number of methoxy groups -OCH3 is 1. The van der Waals surface area contributed by atoms with E-state index in [-0.39, 0.29) is 0 Å². The van der Waals surface area contributed by atoms with Crippen molar-refractivity contribution in [1.29, 1.82) is 0 Å². The standard InChI is InChI=1S/C11H14F3NO/c1-3-6-15-9-7-8(11(12,13)14)4-5-10(9)16-2/h4-5,7,15H,3,6H2,1-2H3. The Morgan fingerprint density at radius 2 is 2.00 bits per heavy atom. The van der Waals surface area contributed by atoms with Crippen LogP contribution < -0.4 is 10.1 Å². The highest BCUT2D eigenvalue weighted by atomic mass is 19.4. The molecular weight excluding hydrogens is 219 g/mol. The summed E-state index contributed by atoms with van der Waals surface area (Å²) in [5.74, 6) is 0.418. The summed E-state index contributed by atoms with van der Waals surface area (Å²) in [6.45, 7) is 2.55. The summed E-state index contributed by atoms with van der Waals surface area (Å²) in [6, 6.07) is 3.39. The van der Waals surface area contributed by atoms with E-state index in [0.717, 1.165) is 18.6 Å². The van der Waals surface area contributed by atoms with Gasteiger partial charge in [-0.25, -0.2) is 0 Å². The van der Waals surface area contributed by atoms with Crippen molar-refractivity contribution in [2.24, 2.45) is 0 Å². The fraction of sp³-hybridized carbons (Fsp3) is 0.455. The van der Waals surface area contributed by atoms with Crippen LogP contribution in [0.25, 0.3) is 0 Å². The number of hydrogen-bond acceptors (Lipinski definition) is 2. The molecule has 0 unspecified atom stereocenters. The van der Waals surface area contributed by atoms with Gasteiger partial charge in [-0.15, -0.1) is 0 Å². The predicted molar refractivity (Wildman–Crippen MR) is 56.8 cm³/mol. The normalized spacial score (nSPS) is 11.3. The maximum atomic E-state index is 12.5. The fourth-order valence-corrected chi connectivity index (χ4v) is 1.28. The average Bonchev–Trinajstić information content (AvgIpc) is 2.24. The first-order chi connectivity index (χ1) is 7.49. The summed E-state index contributed by atoms with van der Waals surface area (Å²) in [7, 11) is 1.43. The number of nitrogens with one attached hydrogen (secondary N) is 1. The molecule has 0 aliphatic rings. The molecule has 0 aliphatic heterocycles. The third-order valence-corrected chi connectivity index (χ3v) is 2.09. The van der Waals surface area contributed by atoms with E-state index in [4.69, 9.17) is 4.74 Å². The Labute approximate surface area is 92.4 Å². The van der Waals surface area contributed by atoms with Crippen LogP contribution in [-0.4, -0.2) is 13.7 Å². The second-order valence-corrected chi connectivity index (χ2v) is 3.34. The van der Waals surface area contributed by atoms with E-state index < -0.39 is 11.7 Å². The first-order valence-corrected chi connectivity index (χ1v) is 4.98. The van der Waals surface area contributed by atoms with Gasteiger partial charge in [0.15, 0.2) is 0 Å². The van der Waals surface area contributed by atoms with Crippen LogP contribution in [0.3, 0.4) is 0 Å². The highest BCUT2D eigenvalue weighted by molar-refractivity contribution is 5.58. The summed E-state index contributed by atoms with van der Waals surface area (Å²) < 4.78 is 42.4. The zero-order valence-corrected chi connectivity index (χ0v) is 9.19. The van der Waals surface area contributed by atoms with Crippen LogP contribution in [0.1, 0.15) is 18.9 Å². The molecule has 0 aliphatic carbocycles. The van der Waals surface area contributed by atoms with Crippen molar-refractivity contribution < 1.29 is 17.9 Å². The van der Waals surface area contributed by atoms with E-state index in [0.29, 0.717) is 18.0 Å². The quantitative estimate of drug-likeness (QED) is 0.858. The Balaban J connectivity index is 3.01. The average molecular weight is 233 g/mol. The molecule has 0 saturated carbocycles. The summed E-state index contributed by atoms with van der Waals surface area (Å²) in [5.41, 5.74) is -0.300. The molecule has 0 heterocycles. The molecule has 1 N–H and O–H groups in total. The monoisotopic (exact) mass is 233 g/mol. The van der Waals surface area contributed by atoms with Crippen molar-refractivity contribution in [3.05, 3.63) is 23.8 Å². The number of alkyl halides is 3. The van der Waals surface area contributed by atoms with E-state index in [9.17, 15) is 13.2 Å². The van der Waals surface area contributed by atoms with Gasteiger partial charge in [-0.1, -0.05) is 6.92 Å². The van der Waals surface area contributed by atoms with Crippen molar-refractivity contribution in [2.45, 2.75) is 19.5 Å². The van der Waals surface area contributed by atoms with E-state index >= 15 is 0 Å². The van der Waals surface area contributed by atoms with Crippen molar-refractivity contribution in [3.63, 3.8) is 0 Å². The third-order valence-electron chi connectivity index (χ3n) is 2.09. The molecule has 90 valence electrons. The van der Waals surface area contributed by atoms with Crippen LogP contribution in [0.5, 0.6) is 5.75 Å². The van der Waals surface area contributed by atoms with E-state index in [1.54, 1.807) is 0 Å². The van der Waals surface area contributed by atoms with Crippen molar-refractivity contribution in [2.75, 3.05) is 19.0 Å². The third kappa shape index (κ3) is 3.05. The Kier molecular flexibility index (Phi) is 4.04. The lowest BCUT2D eigenvalue weighted by Gasteiger charge is -2.13. The van der Waals surface area contributed by atoms with Crippen LogP contribution in [0, 0.1) is 0 Å². The lowest BCUT2D eigenvalue weighted by atomic mass is 10.1. The Morgan fingerprint density at radius 1 is 1.31 bits per heavy atom. The molecule has 0 bridgehead atoms. The van der Waals surface area contributed by atoms with Gasteiger partial charge in [-0.2, -0.15) is 13.2 Å². The maximum Gasteiger partial charge on any atom is 0.416 e. The largest absolute Gasteiger partial charge is 0.495 e. The number of halogens is 3. The Morgan fingerprint density at radius 3 is 2.50 bits per heavy atom. The van der Waals surface area contributed by atoms with Gasteiger partial charge in [0.05, 0.1) is 18.4 Å². The highest BCUT2D eigenvalue weighted by Gasteiger charge is 2.31. The number of hydrogen-bond donors (Lipinski definition) is 1. The maximum absolute atomic E-state index is 12.5. The fourth-order valence-electron chi connectivity index (χ4n) is 1.28. The lowest BCUT2D eigenvalue weighted by Crippen LogP contribution is -2.08. The molecule has 1 aromatic rings. The first kappa shape index (κ1) is 12.7. The molecule has 1 rings (SSSR count). The van der Waals surface area contributed by atoms with Gasteiger partial charge in [-0.05, 0) is 24.6 Å². The SMILES string of the molecule is CCCNc1cc(C(F)(F)F)ccc1OC. The molecule has 0 amide bonds. The minimum Gasteiger partial charge on any atom is -0.495 e. The molecule has 0 atom stereocenters. The van der Waals surface area contributed by atoms with Gasteiger partial charge >= 0.3 is 6.18 Å². The molecular formula is C11H14F3NO. The second-order valence-electron chi connectivity index (χ2n) is 3.34. The second kappa shape index (κ2) is 5.09. The van der Waals surface area contributed by atoms with Crippen LogP contribution in [0.2, 0.25) is 0 Å². The van der Waals surface area contributed by atoms with E-state index in [1.807, 2.05) is 6.92 Å². The van der Waals surface area contributed by atoms with E-state index in [2.05, 4.69) is 5.32 Å². The van der Waals surface area contributed by atoms with Crippen LogP contribution in [-0.2, 0) is 6.18 Å². The van der Waals surface area contributed by atoms with Gasteiger partial charge < -0.3 is 10.1 Å². The predicted octanol–water partition coefficient (Wildman–Crippen LogP) is 3.54. The zero-order chi connectivity index (χ0) is 12.2. The molecule has 0 radical (unpaired) electrons. The summed E-state index contributed by atoms with van der Waals surface area (Å²) >= 11 is 0. The molecule has 1 aromatic carbocycles. The molecule has 0 saturated heterocycles. The number of ether oxygens (including phenoxy) is 1. The molecule has 16 heavy (non-hydrogen) atoms. The molecule has 5 heteroatoms. The molecule has 0 spiro atoms. The molecule has 0 aromatic heterocycles. The minimum atomic E-state index is -4.32. The number of rotatable bonds is 4. The number of benzene rings is 1.